The van der Waals surface area contributed by atoms with Crippen LogP contribution in [0.5, 0.6) is 0 Å². The summed E-state index contributed by atoms with van der Waals surface area (Å²) in [5, 5.41) is 0. The molecule has 0 radical (unpaired) electrons. The van der Waals surface area contributed by atoms with E-state index in [1.165, 1.54) is 274 Å². The fourth-order valence-electron chi connectivity index (χ4n) is 17.5. The van der Waals surface area contributed by atoms with Crippen LogP contribution in [0.1, 0.15) is 268 Å². The Kier molecular flexibility index (Phi) is 22.3. The van der Waals surface area contributed by atoms with Gasteiger partial charge in [-0.3, -0.25) is 0 Å². The van der Waals surface area contributed by atoms with Crippen molar-refractivity contribution in [2.75, 3.05) is 0 Å². The van der Waals surface area contributed by atoms with Crippen molar-refractivity contribution in [2.24, 2.45) is 0 Å². The van der Waals surface area contributed by atoms with Crippen molar-refractivity contribution in [3.05, 3.63) is 197 Å². The van der Waals surface area contributed by atoms with Crippen molar-refractivity contribution >= 4 is 34.0 Å². The zero-order valence-corrected chi connectivity index (χ0v) is 61.3. The second-order valence-corrected chi connectivity index (χ2v) is 32.1. The van der Waals surface area contributed by atoms with E-state index in [9.17, 15) is 0 Å². The Morgan fingerprint density at radius 1 is 0.229 bits per heavy atom. The fraction of sp³-hybridized carbons (Fsp3) is 0.433. The molecule has 0 N–H and O–H groups in total. The number of hydrogen-bond donors (Lipinski definition) is 0. The third-order valence-electron chi connectivity index (χ3n) is 22.5. The average Bonchev–Trinajstić information content (AvgIpc) is 1.58. The van der Waals surface area contributed by atoms with Gasteiger partial charge in [0.2, 0.25) is 0 Å². The van der Waals surface area contributed by atoms with Gasteiger partial charge in [-0.15, -0.1) is 34.0 Å². The summed E-state index contributed by atoms with van der Waals surface area (Å²) in [6, 6.07) is 64.4. The molecular formula is C90H105N3S3. The molecule has 0 atom stereocenters. The van der Waals surface area contributed by atoms with E-state index in [0.717, 1.165) is 32.1 Å². The SMILES string of the molecule is CCCCCCC1(CCCCCC)c2ccccc2-c2ccc(-c3ccc(-c4nc(-c5ccc(-c6ccc7c(c6)C(CCCCCC)(CCCCCC)c6ccccc6-7)s5)nc(-c5ccc(-c6ccc7c(c6)C(CCCCCC)(CCCCCC)c6ccccc6-7)s5)n4)s3)cc21. The Bertz CT molecular complexity index is 3750. The van der Waals surface area contributed by atoms with Crippen LogP contribution < -0.4 is 0 Å². The van der Waals surface area contributed by atoms with E-state index in [2.05, 4.69) is 205 Å². The summed E-state index contributed by atoms with van der Waals surface area (Å²) in [6.45, 7) is 14.0. The lowest BCUT2D eigenvalue weighted by atomic mass is 9.70. The average molecular weight is 1330 g/mol. The van der Waals surface area contributed by atoms with Crippen LogP contribution in [0.25, 0.3) is 96.8 Å². The van der Waals surface area contributed by atoms with Crippen LogP contribution in [-0.2, 0) is 16.2 Å². The van der Waals surface area contributed by atoms with Gasteiger partial charge in [-0.05, 0) is 177 Å². The van der Waals surface area contributed by atoms with Crippen molar-refractivity contribution in [1.29, 1.82) is 0 Å². The van der Waals surface area contributed by atoms with Crippen LogP contribution in [0, 0.1) is 0 Å². The van der Waals surface area contributed by atoms with Crippen molar-refractivity contribution < 1.29 is 0 Å². The quantitative estimate of drug-likeness (QED) is 0.0367. The highest BCUT2D eigenvalue weighted by Crippen LogP contribution is 2.59. The fourth-order valence-corrected chi connectivity index (χ4v) is 20.3. The van der Waals surface area contributed by atoms with Crippen LogP contribution in [0.4, 0.5) is 0 Å². The molecule has 13 rings (SSSR count). The number of rotatable bonds is 36. The summed E-state index contributed by atoms with van der Waals surface area (Å²) in [6.07, 6.45) is 37.8. The highest BCUT2D eigenvalue weighted by atomic mass is 32.1. The molecule has 10 aromatic rings. The third kappa shape index (κ3) is 13.7. The van der Waals surface area contributed by atoms with Gasteiger partial charge in [0.25, 0.3) is 0 Å². The molecule has 0 fully saturated rings. The first kappa shape index (κ1) is 68.0. The van der Waals surface area contributed by atoms with Gasteiger partial charge < -0.3 is 0 Å². The number of aromatic nitrogens is 3. The molecule has 0 amide bonds. The Hall–Kier alpha value is -6.57. The van der Waals surface area contributed by atoms with Crippen molar-refractivity contribution in [2.45, 2.75) is 250 Å². The second-order valence-electron chi connectivity index (χ2n) is 28.8. The first-order chi connectivity index (χ1) is 47.3. The molecule has 3 aliphatic rings. The van der Waals surface area contributed by atoms with E-state index in [0.29, 0.717) is 0 Å². The number of benzene rings is 6. The molecule has 96 heavy (non-hydrogen) atoms. The van der Waals surface area contributed by atoms with E-state index < -0.39 is 0 Å². The molecule has 0 spiro atoms. The van der Waals surface area contributed by atoms with Gasteiger partial charge in [0.05, 0.1) is 14.6 Å². The molecule has 498 valence electrons. The zero-order valence-electron chi connectivity index (χ0n) is 58.9. The van der Waals surface area contributed by atoms with Crippen LogP contribution in [0.2, 0.25) is 0 Å². The molecule has 0 saturated heterocycles. The van der Waals surface area contributed by atoms with Crippen LogP contribution in [0.3, 0.4) is 0 Å². The van der Waals surface area contributed by atoms with E-state index in [4.69, 9.17) is 15.0 Å². The van der Waals surface area contributed by atoms with Gasteiger partial charge in [0.1, 0.15) is 0 Å². The second kappa shape index (κ2) is 31.5. The minimum absolute atomic E-state index is 0.0213. The lowest BCUT2D eigenvalue weighted by Gasteiger charge is -2.33. The normalized spacial score (nSPS) is 14.2. The highest BCUT2D eigenvalue weighted by Gasteiger charge is 2.45. The first-order valence-electron chi connectivity index (χ1n) is 38.1. The van der Waals surface area contributed by atoms with E-state index in [1.807, 2.05) is 34.0 Å². The summed E-state index contributed by atoms with van der Waals surface area (Å²) in [7, 11) is 0. The van der Waals surface area contributed by atoms with Crippen LogP contribution in [-0.4, -0.2) is 15.0 Å². The maximum absolute atomic E-state index is 5.54. The Morgan fingerprint density at radius 2 is 0.458 bits per heavy atom. The minimum atomic E-state index is 0.0213. The summed E-state index contributed by atoms with van der Waals surface area (Å²) >= 11 is 5.48. The standard InChI is InChI=1S/C90H105N3S3/c1-7-13-19-31-55-88(56-32-20-14-8-2)73-40-28-25-37-67(73)70-46-43-64(61-76(70)88)79-49-52-82(94-79)85-91-86(83-53-50-80(95-83)65-44-47-71-68-38-26-29-41-74(68)89(77(71)62-65,57-33-21-15-9-3)58-34-22-16-10-4)93-87(92-85)84-54-51-81(96-84)66-45-48-72-69-39-27-30-42-75(69)90(78(72)63-66,59-35-23-17-11-5)60-36-24-18-12-6/h25-30,37-54,61-63H,7-24,31-36,55-60H2,1-6H3. The highest BCUT2D eigenvalue weighted by molar-refractivity contribution is 7.19. The Balaban J connectivity index is 0.889. The number of fused-ring (bicyclic) bond motifs is 9. The molecule has 0 unspecified atom stereocenters. The van der Waals surface area contributed by atoms with E-state index >= 15 is 0 Å². The molecule has 0 aliphatic heterocycles. The summed E-state index contributed by atoms with van der Waals surface area (Å²) in [4.78, 5) is 23.6. The number of unbranched alkanes of at least 4 members (excludes halogenated alkanes) is 18. The number of nitrogens with zero attached hydrogens (tertiary/aromatic N) is 3. The maximum Gasteiger partial charge on any atom is 0.174 e. The Labute approximate surface area is 589 Å². The zero-order chi connectivity index (χ0) is 65.9. The van der Waals surface area contributed by atoms with Crippen molar-refractivity contribution in [1.82, 2.24) is 15.0 Å². The van der Waals surface area contributed by atoms with Gasteiger partial charge in [0.15, 0.2) is 17.5 Å². The molecule has 3 aliphatic carbocycles. The summed E-state index contributed by atoms with van der Waals surface area (Å²) in [5.41, 5.74) is 21.8. The maximum atomic E-state index is 5.54. The van der Waals surface area contributed by atoms with Gasteiger partial charge >= 0.3 is 0 Å². The van der Waals surface area contributed by atoms with Gasteiger partial charge in [-0.2, -0.15) is 0 Å². The molecule has 6 aromatic carbocycles. The van der Waals surface area contributed by atoms with E-state index in [1.54, 1.807) is 16.7 Å². The molecule has 6 heteroatoms. The van der Waals surface area contributed by atoms with Crippen LogP contribution in [0.15, 0.2) is 164 Å². The van der Waals surface area contributed by atoms with Crippen molar-refractivity contribution in [3.8, 4) is 96.8 Å². The molecule has 0 bridgehead atoms. The predicted octanol–water partition coefficient (Wildman–Crippen LogP) is 28.7. The number of thiophene rings is 3. The smallest absolute Gasteiger partial charge is 0.174 e. The lowest BCUT2D eigenvalue weighted by molar-refractivity contribution is 0.401. The summed E-state index contributed by atoms with van der Waals surface area (Å²) in [5.74, 6) is 2.22. The van der Waals surface area contributed by atoms with Gasteiger partial charge in [-0.1, -0.05) is 305 Å². The molecule has 3 nitrogen and oxygen atoms in total. The van der Waals surface area contributed by atoms with Gasteiger partial charge in [0, 0.05) is 30.9 Å². The summed E-state index contributed by atoms with van der Waals surface area (Å²) < 4.78 is 0. The third-order valence-corrected chi connectivity index (χ3v) is 25.9. The largest absolute Gasteiger partial charge is 0.206 e. The monoisotopic (exact) mass is 1320 g/mol. The van der Waals surface area contributed by atoms with Gasteiger partial charge in [-0.25, -0.2) is 15.0 Å². The molecule has 4 aromatic heterocycles. The Morgan fingerprint density at radius 3 is 0.708 bits per heavy atom. The van der Waals surface area contributed by atoms with Crippen LogP contribution >= 0.6 is 34.0 Å². The van der Waals surface area contributed by atoms with Crippen molar-refractivity contribution in [3.63, 3.8) is 0 Å². The number of hydrogen-bond acceptors (Lipinski definition) is 6. The van der Waals surface area contributed by atoms with E-state index in [-0.39, 0.29) is 16.2 Å². The molecule has 0 saturated carbocycles. The predicted molar refractivity (Wildman–Crippen MR) is 417 cm³/mol. The first-order valence-corrected chi connectivity index (χ1v) is 40.6. The lowest BCUT2D eigenvalue weighted by Crippen LogP contribution is -2.25. The topological polar surface area (TPSA) is 38.7 Å². The molecule has 4 heterocycles. The molecular weight excluding hydrogens is 1220 g/mol. The minimum Gasteiger partial charge on any atom is -0.206 e.